The SMILES string of the molecule is O=C1c2c(cccc2OCC2CCCO2)CN1Cc1ccc(-c2ccnnc2)cc1. The zero-order valence-electron chi connectivity index (χ0n) is 16.7. The molecule has 0 N–H and O–H groups in total. The molecule has 6 nitrogen and oxygen atoms in total. The number of nitrogens with zero attached hydrogens (tertiary/aromatic N) is 3. The van der Waals surface area contributed by atoms with Crippen molar-refractivity contribution >= 4 is 5.91 Å². The first-order chi connectivity index (χ1) is 14.8. The topological polar surface area (TPSA) is 64.6 Å². The summed E-state index contributed by atoms with van der Waals surface area (Å²) in [4.78, 5) is 15.0. The van der Waals surface area contributed by atoms with Crippen LogP contribution in [-0.4, -0.2) is 40.3 Å². The van der Waals surface area contributed by atoms with Gasteiger partial charge >= 0.3 is 0 Å². The van der Waals surface area contributed by atoms with Crippen LogP contribution in [0.15, 0.2) is 60.9 Å². The normalized spacial score (nSPS) is 17.9. The fraction of sp³-hybridized carbons (Fsp3) is 0.292. The molecule has 1 aromatic heterocycles. The highest BCUT2D eigenvalue weighted by Crippen LogP contribution is 2.32. The smallest absolute Gasteiger partial charge is 0.258 e. The van der Waals surface area contributed by atoms with Crippen LogP contribution in [0.25, 0.3) is 11.1 Å². The van der Waals surface area contributed by atoms with E-state index in [1.807, 2.05) is 29.2 Å². The largest absolute Gasteiger partial charge is 0.490 e. The Bertz CT molecular complexity index is 1030. The fourth-order valence-corrected chi connectivity index (χ4v) is 4.08. The molecule has 6 heteroatoms. The predicted molar refractivity (Wildman–Crippen MR) is 112 cm³/mol. The molecule has 1 saturated heterocycles. The molecule has 0 aliphatic carbocycles. The second-order valence-corrected chi connectivity index (χ2v) is 7.73. The summed E-state index contributed by atoms with van der Waals surface area (Å²) in [6, 6.07) is 16.0. The van der Waals surface area contributed by atoms with Gasteiger partial charge in [0.05, 0.1) is 24.1 Å². The van der Waals surface area contributed by atoms with E-state index in [9.17, 15) is 4.79 Å². The van der Waals surface area contributed by atoms with Gasteiger partial charge in [0.15, 0.2) is 0 Å². The summed E-state index contributed by atoms with van der Waals surface area (Å²) in [5, 5.41) is 7.74. The van der Waals surface area contributed by atoms with Crippen molar-refractivity contribution in [1.29, 1.82) is 0 Å². The minimum absolute atomic E-state index is 0.0235. The van der Waals surface area contributed by atoms with E-state index in [0.717, 1.165) is 41.7 Å². The third-order valence-electron chi connectivity index (χ3n) is 5.67. The molecule has 1 amide bonds. The number of hydrogen-bond donors (Lipinski definition) is 0. The molecule has 152 valence electrons. The Morgan fingerprint density at radius 3 is 2.73 bits per heavy atom. The highest BCUT2D eigenvalue weighted by atomic mass is 16.5. The average molecular weight is 401 g/mol. The summed E-state index contributed by atoms with van der Waals surface area (Å²) in [5.41, 5.74) is 4.90. The summed E-state index contributed by atoms with van der Waals surface area (Å²) >= 11 is 0. The standard InChI is InChI=1S/C24H23N3O3/c28-24-23-20(3-1-5-22(23)30-16-21-4-2-12-29-21)15-27(24)14-17-6-8-18(9-7-17)19-10-11-25-26-13-19/h1,3,5-11,13,21H,2,4,12,14-16H2. The maximum absolute atomic E-state index is 13.1. The Kier molecular flexibility index (Phi) is 5.15. The first kappa shape index (κ1) is 18.8. The number of hydrogen-bond acceptors (Lipinski definition) is 5. The van der Waals surface area contributed by atoms with E-state index < -0.39 is 0 Å². The fourth-order valence-electron chi connectivity index (χ4n) is 4.08. The molecule has 5 rings (SSSR count). The van der Waals surface area contributed by atoms with Crippen LogP contribution in [0.3, 0.4) is 0 Å². The summed E-state index contributed by atoms with van der Waals surface area (Å²) in [6.07, 6.45) is 5.64. The third kappa shape index (κ3) is 3.78. The number of fused-ring (bicyclic) bond motifs is 1. The molecule has 1 fully saturated rings. The van der Waals surface area contributed by atoms with E-state index in [1.165, 1.54) is 0 Å². The van der Waals surface area contributed by atoms with Gasteiger partial charge in [-0.25, -0.2) is 0 Å². The van der Waals surface area contributed by atoms with Crippen LogP contribution in [0.5, 0.6) is 5.75 Å². The molecule has 1 atom stereocenters. The third-order valence-corrected chi connectivity index (χ3v) is 5.67. The molecular weight excluding hydrogens is 378 g/mol. The zero-order valence-corrected chi connectivity index (χ0v) is 16.7. The van der Waals surface area contributed by atoms with Crippen molar-refractivity contribution in [2.45, 2.75) is 32.0 Å². The first-order valence-corrected chi connectivity index (χ1v) is 10.3. The molecule has 0 bridgehead atoms. The van der Waals surface area contributed by atoms with Crippen LogP contribution in [0.1, 0.15) is 34.3 Å². The molecule has 3 heterocycles. The Morgan fingerprint density at radius 1 is 1.07 bits per heavy atom. The molecule has 0 spiro atoms. The summed E-state index contributed by atoms with van der Waals surface area (Å²) in [7, 11) is 0. The Hall–Kier alpha value is -3.25. The lowest BCUT2D eigenvalue weighted by Gasteiger charge is -2.16. The molecule has 1 unspecified atom stereocenters. The number of aromatic nitrogens is 2. The van der Waals surface area contributed by atoms with Crippen molar-refractivity contribution < 1.29 is 14.3 Å². The van der Waals surface area contributed by atoms with Gasteiger partial charge in [0.2, 0.25) is 0 Å². The lowest BCUT2D eigenvalue weighted by molar-refractivity contribution is 0.0659. The highest BCUT2D eigenvalue weighted by molar-refractivity contribution is 6.01. The van der Waals surface area contributed by atoms with E-state index >= 15 is 0 Å². The quantitative estimate of drug-likeness (QED) is 0.628. The molecule has 0 saturated carbocycles. The molecule has 2 aliphatic heterocycles. The predicted octanol–water partition coefficient (Wildman–Crippen LogP) is 3.86. The van der Waals surface area contributed by atoms with E-state index in [4.69, 9.17) is 9.47 Å². The second kappa shape index (κ2) is 8.24. The lowest BCUT2D eigenvalue weighted by atomic mass is 10.1. The monoisotopic (exact) mass is 401 g/mol. The summed E-state index contributed by atoms with van der Waals surface area (Å²) in [6.45, 7) is 2.45. The Morgan fingerprint density at radius 2 is 1.97 bits per heavy atom. The van der Waals surface area contributed by atoms with Crippen molar-refractivity contribution in [2.75, 3.05) is 13.2 Å². The van der Waals surface area contributed by atoms with Gasteiger partial charge in [-0.2, -0.15) is 10.2 Å². The van der Waals surface area contributed by atoms with Crippen LogP contribution >= 0.6 is 0 Å². The van der Waals surface area contributed by atoms with Gasteiger partial charge in [0, 0.05) is 25.3 Å². The second-order valence-electron chi connectivity index (χ2n) is 7.73. The van der Waals surface area contributed by atoms with Crippen molar-refractivity contribution in [3.8, 4) is 16.9 Å². The summed E-state index contributed by atoms with van der Waals surface area (Å²) < 4.78 is 11.6. The van der Waals surface area contributed by atoms with Crippen LogP contribution in [-0.2, 0) is 17.8 Å². The van der Waals surface area contributed by atoms with Gasteiger partial charge in [-0.3, -0.25) is 4.79 Å². The van der Waals surface area contributed by atoms with Gasteiger partial charge in [0.25, 0.3) is 5.91 Å². The number of amides is 1. The molecule has 30 heavy (non-hydrogen) atoms. The Labute approximate surface area is 175 Å². The molecule has 2 aliphatic rings. The van der Waals surface area contributed by atoms with E-state index in [-0.39, 0.29) is 12.0 Å². The van der Waals surface area contributed by atoms with Gasteiger partial charge < -0.3 is 14.4 Å². The number of carbonyl (C=O) groups is 1. The average Bonchev–Trinajstić information content (AvgIpc) is 3.42. The van der Waals surface area contributed by atoms with Gasteiger partial charge in [0.1, 0.15) is 12.4 Å². The van der Waals surface area contributed by atoms with E-state index in [0.29, 0.717) is 31.0 Å². The van der Waals surface area contributed by atoms with Crippen molar-refractivity contribution in [3.63, 3.8) is 0 Å². The van der Waals surface area contributed by atoms with E-state index in [2.05, 4.69) is 34.5 Å². The minimum Gasteiger partial charge on any atom is -0.490 e. The maximum Gasteiger partial charge on any atom is 0.258 e. The lowest BCUT2D eigenvalue weighted by Crippen LogP contribution is -2.24. The zero-order chi connectivity index (χ0) is 20.3. The van der Waals surface area contributed by atoms with Crippen LogP contribution in [0.2, 0.25) is 0 Å². The van der Waals surface area contributed by atoms with Gasteiger partial charge in [-0.15, -0.1) is 0 Å². The number of ether oxygens (including phenoxy) is 2. The van der Waals surface area contributed by atoms with Gasteiger partial charge in [-0.1, -0.05) is 36.4 Å². The van der Waals surface area contributed by atoms with Crippen molar-refractivity contribution in [2.24, 2.45) is 0 Å². The first-order valence-electron chi connectivity index (χ1n) is 10.3. The number of rotatable bonds is 6. The van der Waals surface area contributed by atoms with Crippen LogP contribution < -0.4 is 4.74 Å². The number of benzene rings is 2. The Balaban J connectivity index is 1.28. The van der Waals surface area contributed by atoms with Crippen molar-refractivity contribution in [3.05, 3.63) is 77.6 Å². The molecular formula is C24H23N3O3. The summed E-state index contributed by atoms with van der Waals surface area (Å²) in [5.74, 6) is 0.686. The maximum atomic E-state index is 13.1. The molecule has 2 aromatic carbocycles. The van der Waals surface area contributed by atoms with Crippen LogP contribution in [0.4, 0.5) is 0 Å². The molecule has 0 radical (unpaired) electrons. The number of carbonyl (C=O) groups excluding carboxylic acids is 1. The van der Waals surface area contributed by atoms with Crippen molar-refractivity contribution in [1.82, 2.24) is 15.1 Å². The minimum atomic E-state index is 0.0235. The highest BCUT2D eigenvalue weighted by Gasteiger charge is 2.31. The van der Waals surface area contributed by atoms with Gasteiger partial charge in [-0.05, 0) is 41.7 Å². The van der Waals surface area contributed by atoms with E-state index in [1.54, 1.807) is 12.4 Å². The van der Waals surface area contributed by atoms with Crippen LogP contribution in [0, 0.1) is 0 Å². The molecule has 3 aromatic rings.